The summed E-state index contributed by atoms with van der Waals surface area (Å²) in [6.07, 6.45) is 0. The van der Waals surface area contributed by atoms with Gasteiger partial charge in [-0.2, -0.15) is 0 Å². The van der Waals surface area contributed by atoms with Crippen LogP contribution in [0, 0.1) is 101 Å². The van der Waals surface area contributed by atoms with E-state index in [2.05, 4.69) is 4.74 Å². The maximum absolute atomic E-state index is 11.7. The van der Waals surface area contributed by atoms with Crippen LogP contribution in [0.5, 0.6) is 11.5 Å². The Labute approximate surface area is 224 Å². The maximum Gasteiger partial charge on any atom is 0.437 e. The lowest BCUT2D eigenvalue weighted by Crippen LogP contribution is -2.12. The van der Waals surface area contributed by atoms with Gasteiger partial charge in [-0.05, 0) is 0 Å². The minimum atomic E-state index is -2.65. The number of nitro benzene ring substituents is 10. The Bertz CT molecular complexity index is 1550. The molecule has 0 spiro atoms. The maximum atomic E-state index is 11.7. The summed E-state index contributed by atoms with van der Waals surface area (Å²) in [6, 6.07) is 0. The third-order valence-corrected chi connectivity index (χ3v) is 4.68. The Morgan fingerprint density at radius 1 is 0.256 bits per heavy atom. The molecule has 2 rings (SSSR count). The Balaban J connectivity index is 3.59. The summed E-state index contributed by atoms with van der Waals surface area (Å²) in [4.78, 5) is 94.7. The molecule has 31 nitrogen and oxygen atoms in total. The van der Waals surface area contributed by atoms with Crippen LogP contribution in [0.15, 0.2) is 0 Å². The van der Waals surface area contributed by atoms with Gasteiger partial charge in [0, 0.05) is 0 Å². The molecule has 0 bridgehead atoms. The highest BCUT2D eigenvalue weighted by atomic mass is 16.7. The SMILES string of the molecule is O=[N+]([O-])c1c(Oc2c([N+](=O)[O-])c([N+](=O)[O-])c([N+](=O)[O-])c([N+](=O)[O-])c2[N+](=O)[O-])c([N+](=O)[O-])c([N+](=O)[O-])c([N+](=O)[O-])c1[N+](=O)[O-]. The van der Waals surface area contributed by atoms with Crippen molar-refractivity contribution in [1.82, 2.24) is 0 Å². The molecule has 31 heteroatoms. The summed E-state index contributed by atoms with van der Waals surface area (Å²) >= 11 is 0. The van der Waals surface area contributed by atoms with Crippen LogP contribution >= 0.6 is 0 Å². The number of hydrogen-bond donors (Lipinski definition) is 0. The molecule has 0 saturated carbocycles. The molecule has 0 aliphatic heterocycles. The van der Waals surface area contributed by atoms with Gasteiger partial charge in [0.1, 0.15) is 0 Å². The van der Waals surface area contributed by atoms with E-state index < -0.39 is 118 Å². The second-order valence-electron chi connectivity index (χ2n) is 6.82. The van der Waals surface area contributed by atoms with Crippen molar-refractivity contribution < 1.29 is 54.0 Å². The van der Waals surface area contributed by atoms with Gasteiger partial charge in [-0.3, -0.25) is 101 Å². The van der Waals surface area contributed by atoms with Gasteiger partial charge in [0.05, 0.1) is 49.2 Å². The Hall–Kier alpha value is -7.76. The van der Waals surface area contributed by atoms with E-state index >= 15 is 0 Å². The normalized spacial score (nSPS) is 10.3. The van der Waals surface area contributed by atoms with Gasteiger partial charge in [-0.25, -0.2) is 0 Å². The summed E-state index contributed by atoms with van der Waals surface area (Å²) < 4.78 is 4.35. The van der Waals surface area contributed by atoms with Gasteiger partial charge in [0.15, 0.2) is 0 Å². The van der Waals surface area contributed by atoms with Crippen LogP contribution in [0.25, 0.3) is 0 Å². The molecule has 0 aliphatic rings. The summed E-state index contributed by atoms with van der Waals surface area (Å²) in [5.74, 6) is -5.30. The van der Waals surface area contributed by atoms with Crippen molar-refractivity contribution in [2.24, 2.45) is 0 Å². The molecule has 0 atom stereocenters. The minimum Gasteiger partial charge on any atom is -0.430 e. The predicted octanol–water partition coefficient (Wildman–Crippen LogP) is 2.56. The molecule has 0 fully saturated rings. The van der Waals surface area contributed by atoms with E-state index in [9.17, 15) is 101 Å². The van der Waals surface area contributed by atoms with Crippen molar-refractivity contribution in [2.45, 2.75) is 0 Å². The summed E-state index contributed by atoms with van der Waals surface area (Å²) in [5, 5.41) is 116. The van der Waals surface area contributed by atoms with Crippen molar-refractivity contribution in [2.75, 3.05) is 0 Å². The van der Waals surface area contributed by atoms with Crippen molar-refractivity contribution in [3.63, 3.8) is 0 Å². The highest BCUT2D eigenvalue weighted by molar-refractivity contribution is 5.92. The first kappa shape index (κ1) is 31.5. The molecular weight excluding hydrogens is 620 g/mol. The molecule has 0 unspecified atom stereocenters. The fourth-order valence-corrected chi connectivity index (χ4v) is 3.34. The van der Waals surface area contributed by atoms with Gasteiger partial charge in [-0.15, -0.1) is 0 Å². The molecule has 0 saturated heterocycles. The van der Waals surface area contributed by atoms with Gasteiger partial charge < -0.3 is 4.74 Å². The number of hydrogen-bond acceptors (Lipinski definition) is 21. The fourth-order valence-electron chi connectivity index (χ4n) is 3.34. The molecule has 0 amide bonds. The van der Waals surface area contributed by atoms with Crippen molar-refractivity contribution in [3.8, 4) is 11.5 Å². The largest absolute Gasteiger partial charge is 0.437 e. The molecule has 224 valence electrons. The first-order valence-corrected chi connectivity index (χ1v) is 9.30. The molecule has 0 aliphatic carbocycles. The van der Waals surface area contributed by atoms with E-state index in [4.69, 9.17) is 0 Å². The topological polar surface area (TPSA) is 441 Å². The second-order valence-corrected chi connectivity index (χ2v) is 6.82. The molecule has 0 heterocycles. The standard InChI is InChI=1S/C12N10O21/c23-13(24)1-3(15(27)28)7(19(35)36)11(8(20(37)38)4(1)16(29)30)43-12-9(21(39)40)5(17(31)32)2(14(25)26)6(18(33)34)10(12)22(41)42. The zero-order chi connectivity index (χ0) is 33.4. The average molecular weight is 620 g/mol. The van der Waals surface area contributed by atoms with E-state index in [0.29, 0.717) is 0 Å². The van der Waals surface area contributed by atoms with E-state index in [1.807, 2.05) is 0 Å². The predicted molar refractivity (Wildman–Crippen MR) is 120 cm³/mol. The molecular formula is C12N10O21. The first-order chi connectivity index (χ1) is 19.7. The van der Waals surface area contributed by atoms with Crippen molar-refractivity contribution >= 4 is 56.9 Å². The zero-order valence-electron chi connectivity index (χ0n) is 19.0. The lowest BCUT2D eigenvalue weighted by atomic mass is 10.1. The molecule has 0 aromatic heterocycles. The van der Waals surface area contributed by atoms with Crippen LogP contribution in [0.1, 0.15) is 0 Å². The van der Waals surface area contributed by atoms with Gasteiger partial charge in [0.2, 0.25) is 0 Å². The zero-order valence-corrected chi connectivity index (χ0v) is 19.0. The highest BCUT2D eigenvalue weighted by Gasteiger charge is 2.59. The molecule has 43 heavy (non-hydrogen) atoms. The Morgan fingerprint density at radius 2 is 0.372 bits per heavy atom. The van der Waals surface area contributed by atoms with Gasteiger partial charge in [-0.1, -0.05) is 0 Å². The quantitative estimate of drug-likeness (QED) is 0.243. The molecule has 2 aromatic carbocycles. The number of nitrogens with zero attached hydrogens (tertiary/aromatic N) is 10. The smallest absolute Gasteiger partial charge is 0.430 e. The molecule has 2 aromatic rings. The van der Waals surface area contributed by atoms with E-state index in [1.165, 1.54) is 0 Å². The molecule has 0 radical (unpaired) electrons. The number of nitro groups is 10. The third kappa shape index (κ3) is 5.02. The van der Waals surface area contributed by atoms with Crippen LogP contribution in [0.3, 0.4) is 0 Å². The Kier molecular flexibility index (Phi) is 7.89. The van der Waals surface area contributed by atoms with E-state index in [0.717, 1.165) is 0 Å². The van der Waals surface area contributed by atoms with E-state index in [1.54, 1.807) is 0 Å². The first-order valence-electron chi connectivity index (χ1n) is 9.30. The van der Waals surface area contributed by atoms with Crippen molar-refractivity contribution in [1.29, 1.82) is 0 Å². The number of benzene rings is 2. The lowest BCUT2D eigenvalue weighted by Gasteiger charge is -2.09. The van der Waals surface area contributed by atoms with Crippen LogP contribution in [-0.2, 0) is 0 Å². The molecule has 0 N–H and O–H groups in total. The van der Waals surface area contributed by atoms with Crippen LogP contribution in [-0.4, -0.2) is 49.2 Å². The van der Waals surface area contributed by atoms with Crippen molar-refractivity contribution in [3.05, 3.63) is 101 Å². The third-order valence-electron chi connectivity index (χ3n) is 4.68. The fraction of sp³-hybridized carbons (Fsp3) is 0. The summed E-state index contributed by atoms with van der Waals surface area (Å²) in [6.45, 7) is 0. The van der Waals surface area contributed by atoms with E-state index in [-0.39, 0.29) is 0 Å². The highest BCUT2D eigenvalue weighted by Crippen LogP contribution is 2.61. The number of rotatable bonds is 12. The average Bonchev–Trinajstić information content (AvgIpc) is 2.84. The van der Waals surface area contributed by atoms with Gasteiger partial charge >= 0.3 is 56.9 Å². The summed E-state index contributed by atoms with van der Waals surface area (Å²) in [5.41, 5.74) is -26.2. The number of ether oxygens (including phenoxy) is 1. The lowest BCUT2D eigenvalue weighted by molar-refractivity contribution is -0.462. The van der Waals surface area contributed by atoms with Crippen LogP contribution < -0.4 is 4.74 Å². The van der Waals surface area contributed by atoms with Crippen LogP contribution in [0.4, 0.5) is 56.9 Å². The second kappa shape index (κ2) is 10.8. The van der Waals surface area contributed by atoms with Crippen LogP contribution in [0.2, 0.25) is 0 Å². The Morgan fingerprint density at radius 3 is 0.488 bits per heavy atom. The summed E-state index contributed by atoms with van der Waals surface area (Å²) in [7, 11) is 0. The minimum absolute atomic E-state index is 2.09. The van der Waals surface area contributed by atoms with Gasteiger partial charge in [0.25, 0.3) is 11.5 Å². The monoisotopic (exact) mass is 620 g/mol.